The minimum atomic E-state index is 0.163. The van der Waals surface area contributed by atoms with Crippen LogP contribution in [-0.2, 0) is 9.47 Å². The van der Waals surface area contributed by atoms with Crippen LogP contribution in [0.2, 0.25) is 0 Å². The summed E-state index contributed by atoms with van der Waals surface area (Å²) in [6.45, 7) is 17.2. The average molecular weight is 259 g/mol. The molecule has 0 amide bonds. The van der Waals surface area contributed by atoms with Crippen LogP contribution in [0.25, 0.3) is 0 Å². The first-order valence-corrected chi connectivity index (χ1v) is 7.17. The fourth-order valence-electron chi connectivity index (χ4n) is 1.37. The van der Waals surface area contributed by atoms with E-state index in [0.29, 0.717) is 13.2 Å². The van der Waals surface area contributed by atoms with E-state index < -0.39 is 0 Å². The molecule has 3 nitrogen and oxygen atoms in total. The second-order valence-electron chi connectivity index (χ2n) is 6.79. The molecule has 3 heteroatoms. The topological polar surface area (TPSA) is 30.5 Å². The molecule has 0 rings (SSSR count). The van der Waals surface area contributed by atoms with Crippen LogP contribution in [0, 0.1) is 5.41 Å². The van der Waals surface area contributed by atoms with Crippen LogP contribution in [0.1, 0.15) is 54.4 Å². The monoisotopic (exact) mass is 259 g/mol. The first-order chi connectivity index (χ1) is 8.27. The number of hydrogen-bond donors (Lipinski definition) is 1. The van der Waals surface area contributed by atoms with E-state index in [2.05, 4.69) is 46.9 Å². The molecule has 18 heavy (non-hydrogen) atoms. The van der Waals surface area contributed by atoms with Gasteiger partial charge >= 0.3 is 0 Å². The van der Waals surface area contributed by atoms with E-state index >= 15 is 0 Å². The van der Waals surface area contributed by atoms with E-state index in [1.54, 1.807) is 0 Å². The van der Waals surface area contributed by atoms with Crippen molar-refractivity contribution in [2.24, 2.45) is 5.41 Å². The zero-order valence-electron chi connectivity index (χ0n) is 13.3. The van der Waals surface area contributed by atoms with Crippen LogP contribution >= 0.6 is 0 Å². The Morgan fingerprint density at radius 1 is 0.889 bits per heavy atom. The molecule has 0 atom stereocenters. The van der Waals surface area contributed by atoms with Crippen molar-refractivity contribution < 1.29 is 9.47 Å². The molecule has 0 aromatic carbocycles. The normalized spacial score (nSPS) is 13.0. The molecule has 0 saturated heterocycles. The Morgan fingerprint density at radius 2 is 1.50 bits per heavy atom. The Bertz CT molecular complexity index is 197. The third-order valence-corrected chi connectivity index (χ3v) is 2.60. The Kier molecular flexibility index (Phi) is 8.83. The molecule has 0 unspecified atom stereocenters. The van der Waals surface area contributed by atoms with Crippen molar-refractivity contribution in [2.45, 2.75) is 59.9 Å². The molecule has 0 heterocycles. The second kappa shape index (κ2) is 8.89. The summed E-state index contributed by atoms with van der Waals surface area (Å²) in [5.74, 6) is 0. The smallest absolute Gasteiger partial charge is 0.0700 e. The second-order valence-corrected chi connectivity index (χ2v) is 6.79. The van der Waals surface area contributed by atoms with Crippen LogP contribution < -0.4 is 5.32 Å². The third-order valence-electron chi connectivity index (χ3n) is 2.60. The largest absolute Gasteiger partial charge is 0.379 e. The Hall–Kier alpha value is -0.120. The molecular weight excluding hydrogens is 226 g/mol. The van der Waals surface area contributed by atoms with Crippen molar-refractivity contribution in [2.75, 3.05) is 33.0 Å². The van der Waals surface area contributed by atoms with E-state index in [0.717, 1.165) is 26.2 Å². The van der Waals surface area contributed by atoms with Crippen molar-refractivity contribution in [1.29, 1.82) is 0 Å². The quantitative estimate of drug-likeness (QED) is 0.611. The van der Waals surface area contributed by atoms with E-state index in [1.807, 2.05) is 0 Å². The van der Waals surface area contributed by atoms with E-state index in [9.17, 15) is 0 Å². The van der Waals surface area contributed by atoms with Gasteiger partial charge in [0, 0.05) is 24.1 Å². The highest BCUT2D eigenvalue weighted by molar-refractivity contribution is 4.77. The molecule has 0 aliphatic carbocycles. The van der Waals surface area contributed by atoms with Gasteiger partial charge < -0.3 is 14.8 Å². The van der Waals surface area contributed by atoms with Gasteiger partial charge in [0.05, 0.1) is 19.8 Å². The Labute approximate surface area is 114 Å². The molecule has 0 aliphatic heterocycles. The molecule has 0 bridgehead atoms. The molecule has 0 aromatic rings. The molecule has 0 spiro atoms. The van der Waals surface area contributed by atoms with Gasteiger partial charge in [0.25, 0.3) is 0 Å². The predicted molar refractivity (Wildman–Crippen MR) is 78.1 cm³/mol. The molecule has 0 aliphatic rings. The van der Waals surface area contributed by atoms with E-state index in [1.165, 1.54) is 6.42 Å². The van der Waals surface area contributed by atoms with Crippen LogP contribution in [0.4, 0.5) is 0 Å². The molecular formula is C15H33NO2. The fraction of sp³-hybridized carbons (Fsp3) is 1.00. The zero-order valence-corrected chi connectivity index (χ0v) is 13.3. The Morgan fingerprint density at radius 3 is 2.06 bits per heavy atom. The minimum Gasteiger partial charge on any atom is -0.379 e. The maximum atomic E-state index is 5.68. The third kappa shape index (κ3) is 12.3. The number of nitrogens with one attached hydrogen (secondary N) is 1. The number of rotatable bonds is 10. The molecule has 1 N–H and O–H groups in total. The van der Waals surface area contributed by atoms with Crippen molar-refractivity contribution in [1.82, 2.24) is 5.32 Å². The summed E-state index contributed by atoms with van der Waals surface area (Å²) in [5.41, 5.74) is 0.331. The molecule has 0 aromatic heterocycles. The van der Waals surface area contributed by atoms with Crippen molar-refractivity contribution >= 4 is 0 Å². The van der Waals surface area contributed by atoms with Gasteiger partial charge in [0.1, 0.15) is 0 Å². The molecule has 0 saturated carbocycles. The lowest BCUT2D eigenvalue weighted by Gasteiger charge is -2.30. The first kappa shape index (κ1) is 17.9. The highest BCUT2D eigenvalue weighted by Crippen LogP contribution is 2.15. The summed E-state index contributed by atoms with van der Waals surface area (Å²) in [7, 11) is 0. The van der Waals surface area contributed by atoms with Gasteiger partial charge in [0.2, 0.25) is 0 Å². The molecule has 0 radical (unpaired) electrons. The predicted octanol–water partition coefficient (Wildman–Crippen LogP) is 3.23. The lowest BCUT2D eigenvalue weighted by Crippen LogP contribution is -2.43. The maximum absolute atomic E-state index is 5.68. The number of ether oxygens (including phenoxy) is 2. The summed E-state index contributed by atoms with van der Waals surface area (Å²) < 4.78 is 11.1. The summed E-state index contributed by atoms with van der Waals surface area (Å²) in [6, 6.07) is 0. The van der Waals surface area contributed by atoms with Crippen LogP contribution in [0.3, 0.4) is 0 Å². The fourth-order valence-corrected chi connectivity index (χ4v) is 1.37. The minimum absolute atomic E-state index is 0.163. The standard InChI is InChI=1S/C15H33NO2/c1-7-8-9-17-10-11-18-13-15(5,6)12-16-14(2,3)4/h16H,7-13H2,1-6H3. The summed E-state index contributed by atoms with van der Waals surface area (Å²) in [5, 5.41) is 3.52. The van der Waals surface area contributed by atoms with Gasteiger partial charge in [-0.1, -0.05) is 27.2 Å². The highest BCUT2D eigenvalue weighted by Gasteiger charge is 2.20. The Balaban J connectivity index is 3.52. The van der Waals surface area contributed by atoms with Crippen molar-refractivity contribution in [3.8, 4) is 0 Å². The van der Waals surface area contributed by atoms with Gasteiger partial charge in [0.15, 0.2) is 0 Å². The van der Waals surface area contributed by atoms with Crippen LogP contribution in [0.5, 0.6) is 0 Å². The summed E-state index contributed by atoms with van der Waals surface area (Å²) in [6.07, 6.45) is 2.33. The summed E-state index contributed by atoms with van der Waals surface area (Å²) in [4.78, 5) is 0. The van der Waals surface area contributed by atoms with Gasteiger partial charge in [-0.2, -0.15) is 0 Å². The number of hydrogen-bond acceptors (Lipinski definition) is 3. The van der Waals surface area contributed by atoms with Gasteiger partial charge in [-0.25, -0.2) is 0 Å². The van der Waals surface area contributed by atoms with E-state index in [4.69, 9.17) is 9.47 Å². The van der Waals surface area contributed by atoms with Gasteiger partial charge in [-0.3, -0.25) is 0 Å². The van der Waals surface area contributed by atoms with Crippen molar-refractivity contribution in [3.05, 3.63) is 0 Å². The first-order valence-electron chi connectivity index (χ1n) is 7.17. The van der Waals surface area contributed by atoms with E-state index in [-0.39, 0.29) is 11.0 Å². The highest BCUT2D eigenvalue weighted by atomic mass is 16.5. The maximum Gasteiger partial charge on any atom is 0.0700 e. The van der Waals surface area contributed by atoms with Crippen LogP contribution in [0.15, 0.2) is 0 Å². The summed E-state index contributed by atoms with van der Waals surface area (Å²) >= 11 is 0. The SMILES string of the molecule is CCCCOCCOCC(C)(C)CNC(C)(C)C. The average Bonchev–Trinajstić information content (AvgIpc) is 2.25. The van der Waals surface area contributed by atoms with Crippen LogP contribution in [-0.4, -0.2) is 38.5 Å². The molecule has 0 fully saturated rings. The zero-order chi connectivity index (χ0) is 14.1. The van der Waals surface area contributed by atoms with Crippen molar-refractivity contribution in [3.63, 3.8) is 0 Å². The lowest BCUT2D eigenvalue weighted by molar-refractivity contribution is 0.0130. The molecule has 110 valence electrons. The van der Waals surface area contributed by atoms with Gasteiger partial charge in [-0.15, -0.1) is 0 Å². The lowest BCUT2D eigenvalue weighted by atomic mass is 9.93. The van der Waals surface area contributed by atoms with Gasteiger partial charge in [-0.05, 0) is 27.2 Å². The number of unbranched alkanes of at least 4 members (excludes halogenated alkanes) is 1.